The van der Waals surface area contributed by atoms with E-state index in [-0.39, 0.29) is 23.8 Å². The van der Waals surface area contributed by atoms with Crippen molar-refractivity contribution >= 4 is 17.8 Å². The highest BCUT2D eigenvalue weighted by molar-refractivity contribution is 6.09. The molecule has 1 N–H and O–H groups in total. The molecule has 0 fully saturated rings. The number of nitriles is 1. The molecule has 3 aromatic rings. The van der Waals surface area contributed by atoms with Crippen LogP contribution in [0.1, 0.15) is 23.8 Å². The fourth-order valence-corrected chi connectivity index (χ4v) is 2.70. The number of amides is 1. The minimum absolute atomic E-state index is 0.0326. The molecule has 0 saturated heterocycles. The van der Waals surface area contributed by atoms with Crippen LogP contribution < -0.4 is 14.8 Å². The van der Waals surface area contributed by atoms with Crippen LogP contribution in [0, 0.1) is 24.1 Å². The molecule has 7 nitrogen and oxygen atoms in total. The van der Waals surface area contributed by atoms with E-state index in [9.17, 15) is 14.4 Å². The smallest absolute Gasteiger partial charge is 0.267 e. The second kappa shape index (κ2) is 10.1. The summed E-state index contributed by atoms with van der Waals surface area (Å²) >= 11 is 0. The van der Waals surface area contributed by atoms with E-state index in [2.05, 4.69) is 10.5 Å². The van der Waals surface area contributed by atoms with Crippen LogP contribution in [0.25, 0.3) is 6.08 Å². The van der Waals surface area contributed by atoms with Gasteiger partial charge in [-0.15, -0.1) is 0 Å². The minimum atomic E-state index is -0.617. The Balaban J connectivity index is 1.79. The first-order chi connectivity index (χ1) is 15.0. The van der Waals surface area contributed by atoms with E-state index in [1.165, 1.54) is 12.1 Å². The predicted octanol–water partition coefficient (Wildman–Crippen LogP) is 4.65. The van der Waals surface area contributed by atoms with E-state index in [1.54, 1.807) is 49.4 Å². The van der Waals surface area contributed by atoms with Crippen LogP contribution in [0.5, 0.6) is 11.5 Å². The van der Waals surface area contributed by atoms with E-state index in [0.717, 1.165) is 0 Å². The molecule has 0 unspecified atom stereocenters. The van der Waals surface area contributed by atoms with Crippen molar-refractivity contribution in [1.29, 1.82) is 5.26 Å². The maximum absolute atomic E-state index is 13.8. The molecule has 0 aliphatic rings. The van der Waals surface area contributed by atoms with Crippen LogP contribution >= 0.6 is 0 Å². The van der Waals surface area contributed by atoms with Gasteiger partial charge in [-0.25, -0.2) is 4.39 Å². The summed E-state index contributed by atoms with van der Waals surface area (Å²) in [4.78, 5) is 12.4. The maximum Gasteiger partial charge on any atom is 0.267 e. The normalized spacial score (nSPS) is 11.0. The van der Waals surface area contributed by atoms with Gasteiger partial charge in [-0.3, -0.25) is 4.79 Å². The lowest BCUT2D eigenvalue weighted by molar-refractivity contribution is -0.112. The van der Waals surface area contributed by atoms with Crippen molar-refractivity contribution in [3.8, 4) is 17.6 Å². The number of hydrogen-bond donors (Lipinski definition) is 1. The summed E-state index contributed by atoms with van der Waals surface area (Å²) in [6.07, 6.45) is 1.42. The molecule has 0 spiro atoms. The Labute approximate surface area is 178 Å². The fraction of sp³-hybridized carbons (Fsp3) is 0.174. The summed E-state index contributed by atoms with van der Waals surface area (Å²) < 4.78 is 30.1. The first-order valence-electron chi connectivity index (χ1n) is 9.49. The largest absolute Gasteiger partial charge is 0.490 e. The molecule has 2 aromatic carbocycles. The number of halogens is 1. The number of rotatable bonds is 8. The Kier molecular flexibility index (Phi) is 7.01. The molecule has 31 heavy (non-hydrogen) atoms. The number of nitrogens with one attached hydrogen (secondary N) is 1. The topological polar surface area (TPSA) is 97.4 Å². The summed E-state index contributed by atoms with van der Waals surface area (Å²) in [5.41, 5.74) is 0.855. The quantitative estimate of drug-likeness (QED) is 0.420. The Hall–Kier alpha value is -4.12. The van der Waals surface area contributed by atoms with E-state index in [4.69, 9.17) is 14.0 Å². The van der Waals surface area contributed by atoms with Crippen LogP contribution in [0.15, 0.2) is 58.6 Å². The van der Waals surface area contributed by atoms with Crippen LogP contribution in [0.4, 0.5) is 10.2 Å². The lowest BCUT2D eigenvalue weighted by Gasteiger charge is -2.13. The van der Waals surface area contributed by atoms with Crippen molar-refractivity contribution in [2.45, 2.75) is 20.5 Å². The summed E-state index contributed by atoms with van der Waals surface area (Å²) in [5, 5.41) is 15.6. The van der Waals surface area contributed by atoms with Crippen molar-refractivity contribution in [2.75, 3.05) is 11.9 Å². The zero-order valence-electron chi connectivity index (χ0n) is 17.0. The van der Waals surface area contributed by atoms with Crippen LogP contribution in [-0.4, -0.2) is 17.7 Å². The average Bonchev–Trinajstić information content (AvgIpc) is 3.17. The van der Waals surface area contributed by atoms with E-state index in [1.807, 2.05) is 13.0 Å². The number of anilines is 1. The molecule has 0 aliphatic carbocycles. The third-order valence-electron chi connectivity index (χ3n) is 4.15. The van der Waals surface area contributed by atoms with Crippen molar-refractivity contribution in [1.82, 2.24) is 5.16 Å². The first kappa shape index (κ1) is 21.6. The lowest BCUT2D eigenvalue weighted by Crippen LogP contribution is -2.13. The highest BCUT2D eigenvalue weighted by atomic mass is 19.1. The van der Waals surface area contributed by atoms with Gasteiger partial charge in [0.25, 0.3) is 5.91 Å². The minimum Gasteiger partial charge on any atom is -0.490 e. The van der Waals surface area contributed by atoms with Gasteiger partial charge >= 0.3 is 0 Å². The summed E-state index contributed by atoms with van der Waals surface area (Å²) in [7, 11) is 0. The zero-order valence-corrected chi connectivity index (χ0v) is 17.0. The number of nitrogens with zero attached hydrogens (tertiary/aromatic N) is 2. The zero-order chi connectivity index (χ0) is 22.2. The summed E-state index contributed by atoms with van der Waals surface area (Å²) in [5.74, 6) is 0.613. The van der Waals surface area contributed by atoms with Crippen LogP contribution in [0.3, 0.4) is 0 Å². The van der Waals surface area contributed by atoms with E-state index in [0.29, 0.717) is 35.0 Å². The Morgan fingerprint density at radius 1 is 1.23 bits per heavy atom. The number of hydrogen-bond acceptors (Lipinski definition) is 6. The molecule has 0 atom stereocenters. The van der Waals surface area contributed by atoms with Gasteiger partial charge in [0.1, 0.15) is 29.8 Å². The van der Waals surface area contributed by atoms with Gasteiger partial charge < -0.3 is 19.3 Å². The Morgan fingerprint density at radius 3 is 2.71 bits per heavy atom. The molecule has 1 amide bonds. The number of carbonyl (C=O) groups excluding carboxylic acids is 1. The number of carbonyl (C=O) groups is 1. The monoisotopic (exact) mass is 421 g/mol. The lowest BCUT2D eigenvalue weighted by atomic mass is 10.1. The molecule has 0 saturated carbocycles. The van der Waals surface area contributed by atoms with Gasteiger partial charge in [-0.05, 0) is 43.7 Å². The molecule has 1 heterocycles. The van der Waals surface area contributed by atoms with Gasteiger partial charge in [-0.2, -0.15) is 5.26 Å². The van der Waals surface area contributed by atoms with E-state index >= 15 is 0 Å². The van der Waals surface area contributed by atoms with Crippen LogP contribution in [0.2, 0.25) is 0 Å². The molecule has 0 radical (unpaired) electrons. The predicted molar refractivity (Wildman–Crippen MR) is 112 cm³/mol. The maximum atomic E-state index is 13.8. The Bertz CT molecular complexity index is 1150. The van der Waals surface area contributed by atoms with Gasteiger partial charge in [0.05, 0.1) is 6.61 Å². The van der Waals surface area contributed by atoms with Gasteiger partial charge in [0.2, 0.25) is 0 Å². The third-order valence-corrected chi connectivity index (χ3v) is 4.15. The van der Waals surface area contributed by atoms with E-state index < -0.39 is 5.91 Å². The molecule has 1 aromatic heterocycles. The molecule has 3 rings (SSSR count). The highest BCUT2D eigenvalue weighted by Crippen LogP contribution is 2.30. The molecule has 8 heteroatoms. The Morgan fingerprint density at radius 2 is 2.03 bits per heavy atom. The number of aryl methyl sites for hydroxylation is 1. The second-order valence-corrected chi connectivity index (χ2v) is 6.47. The summed E-state index contributed by atoms with van der Waals surface area (Å²) in [6, 6.07) is 14.7. The van der Waals surface area contributed by atoms with Gasteiger partial charge in [0.15, 0.2) is 17.3 Å². The fourth-order valence-electron chi connectivity index (χ4n) is 2.70. The third kappa shape index (κ3) is 5.70. The average molecular weight is 421 g/mol. The number of ether oxygens (including phenoxy) is 2. The molecule has 0 aliphatic heterocycles. The molecular weight excluding hydrogens is 401 g/mol. The second-order valence-electron chi connectivity index (χ2n) is 6.47. The van der Waals surface area contributed by atoms with Gasteiger partial charge in [-0.1, -0.05) is 29.4 Å². The number of benzene rings is 2. The highest BCUT2D eigenvalue weighted by Gasteiger charge is 2.13. The van der Waals surface area contributed by atoms with Crippen molar-refractivity contribution in [3.63, 3.8) is 0 Å². The molecular formula is C23H20FN3O4. The first-order valence-corrected chi connectivity index (χ1v) is 9.49. The summed E-state index contributed by atoms with van der Waals surface area (Å²) in [6.45, 7) is 3.91. The van der Waals surface area contributed by atoms with Gasteiger partial charge in [0, 0.05) is 11.6 Å². The van der Waals surface area contributed by atoms with Crippen molar-refractivity contribution in [3.05, 3.63) is 76.8 Å². The standard InChI is InChI=1S/C23H20FN3O4/c1-3-29-21-12-16(8-9-20(21)30-14-17-6-4-5-7-19(17)24)11-18(13-25)23(28)26-22-10-15(2)31-27-22/h4-12H,3,14H2,1-2H3,(H,26,27,28). The van der Waals surface area contributed by atoms with Crippen LogP contribution in [-0.2, 0) is 11.4 Å². The molecule has 158 valence electrons. The SMILES string of the molecule is CCOc1cc(C=C(C#N)C(=O)Nc2cc(C)on2)ccc1OCc1ccccc1F. The van der Waals surface area contributed by atoms with Crippen molar-refractivity contribution in [2.24, 2.45) is 0 Å². The molecule has 0 bridgehead atoms. The van der Waals surface area contributed by atoms with Crippen molar-refractivity contribution < 1.29 is 23.2 Å². The number of aromatic nitrogens is 1.